The van der Waals surface area contributed by atoms with Crippen LogP contribution < -0.4 is 5.32 Å². The normalized spacial score (nSPS) is 15.3. The number of hydrogen-bond donors (Lipinski definition) is 3. The molecule has 0 aromatic carbocycles. The lowest BCUT2D eigenvalue weighted by molar-refractivity contribution is -0.163. The summed E-state index contributed by atoms with van der Waals surface area (Å²) in [6.45, 7) is 7.13. The van der Waals surface area contributed by atoms with Crippen molar-refractivity contribution in [2.24, 2.45) is 5.92 Å². The number of carbonyl (C=O) groups is 2. The number of rotatable bonds is 21. The molecule has 0 bridgehead atoms. The lowest BCUT2D eigenvalue weighted by Crippen LogP contribution is -2.52. The molecule has 5 heteroatoms. The first-order valence-electron chi connectivity index (χ1n) is 13.0. The molecule has 0 spiro atoms. The first-order chi connectivity index (χ1) is 14.8. The van der Waals surface area contributed by atoms with Crippen LogP contribution in [0.3, 0.4) is 0 Å². The van der Waals surface area contributed by atoms with Gasteiger partial charge in [0.1, 0.15) is 0 Å². The molecule has 0 radical (unpaired) electrons. The molecule has 184 valence electrons. The van der Waals surface area contributed by atoms with Crippen molar-refractivity contribution in [3.8, 4) is 0 Å². The van der Waals surface area contributed by atoms with Crippen molar-refractivity contribution in [1.29, 1.82) is 0 Å². The van der Waals surface area contributed by atoms with Crippen molar-refractivity contribution < 1.29 is 19.8 Å². The Morgan fingerprint density at radius 1 is 0.774 bits per heavy atom. The van der Waals surface area contributed by atoms with E-state index in [1.165, 1.54) is 90.4 Å². The predicted molar refractivity (Wildman–Crippen MR) is 129 cm³/mol. The molecule has 3 atom stereocenters. The first-order valence-corrected chi connectivity index (χ1v) is 13.0. The molecule has 0 fully saturated rings. The average molecular weight is 442 g/mol. The second kappa shape index (κ2) is 18.5. The minimum absolute atomic E-state index is 0.0467. The Kier molecular flexibility index (Phi) is 17.8. The third-order valence-corrected chi connectivity index (χ3v) is 6.72. The summed E-state index contributed by atoms with van der Waals surface area (Å²) < 4.78 is 0. The summed E-state index contributed by atoms with van der Waals surface area (Å²) in [6, 6.07) is -0.338. The summed E-state index contributed by atoms with van der Waals surface area (Å²) >= 11 is 0. The van der Waals surface area contributed by atoms with Crippen molar-refractivity contribution in [3.05, 3.63) is 0 Å². The zero-order chi connectivity index (χ0) is 23.5. The lowest BCUT2D eigenvalue weighted by atomic mass is 9.83. The maximum Gasteiger partial charge on any atom is 0.335 e. The largest absolute Gasteiger partial charge is 0.479 e. The molecule has 0 heterocycles. The quantitative estimate of drug-likeness (QED) is 0.175. The monoisotopic (exact) mass is 441 g/mol. The lowest BCUT2D eigenvalue weighted by Gasteiger charge is -2.32. The van der Waals surface area contributed by atoms with Crippen LogP contribution in [-0.2, 0) is 9.59 Å². The summed E-state index contributed by atoms with van der Waals surface area (Å²) in [5, 5.41) is 22.2. The summed E-state index contributed by atoms with van der Waals surface area (Å²) in [6.07, 6.45) is 20.5. The second-order valence-electron chi connectivity index (χ2n) is 9.52. The van der Waals surface area contributed by atoms with E-state index in [1.807, 2.05) is 6.92 Å². The third kappa shape index (κ3) is 14.6. The van der Waals surface area contributed by atoms with Crippen molar-refractivity contribution in [1.82, 2.24) is 5.32 Å². The van der Waals surface area contributed by atoms with Crippen LogP contribution in [0, 0.1) is 5.92 Å². The molecule has 0 aliphatic rings. The number of hydrogen-bond acceptors (Lipinski definition) is 3. The molecule has 0 aliphatic carbocycles. The number of unbranched alkanes of at least 4 members (excludes halogenated alkanes) is 14. The van der Waals surface area contributed by atoms with Crippen molar-refractivity contribution >= 4 is 11.9 Å². The van der Waals surface area contributed by atoms with Gasteiger partial charge < -0.3 is 15.5 Å². The van der Waals surface area contributed by atoms with Crippen LogP contribution in [0.2, 0.25) is 0 Å². The number of aliphatic hydroxyl groups is 1. The van der Waals surface area contributed by atoms with Gasteiger partial charge in [0.15, 0.2) is 5.60 Å². The van der Waals surface area contributed by atoms with Gasteiger partial charge in [-0.3, -0.25) is 4.79 Å². The molecule has 3 N–H and O–H groups in total. The smallest absolute Gasteiger partial charge is 0.335 e. The molecule has 0 rings (SSSR count). The van der Waals surface area contributed by atoms with Gasteiger partial charge in [-0.25, -0.2) is 4.79 Å². The zero-order valence-corrected chi connectivity index (χ0v) is 20.9. The van der Waals surface area contributed by atoms with Gasteiger partial charge in [0, 0.05) is 18.4 Å². The van der Waals surface area contributed by atoms with E-state index in [9.17, 15) is 19.8 Å². The highest BCUT2D eigenvalue weighted by molar-refractivity contribution is 5.78. The topological polar surface area (TPSA) is 86.6 Å². The number of carbonyl (C=O) groups excluding carboxylic acids is 1. The zero-order valence-electron chi connectivity index (χ0n) is 20.9. The van der Waals surface area contributed by atoms with Crippen LogP contribution in [0.4, 0.5) is 0 Å². The van der Waals surface area contributed by atoms with Gasteiger partial charge in [-0.05, 0) is 19.8 Å². The third-order valence-electron chi connectivity index (χ3n) is 6.72. The molecule has 0 aromatic rings. The number of carboxylic acid groups (broad SMARTS) is 1. The highest BCUT2D eigenvalue weighted by Gasteiger charge is 2.40. The van der Waals surface area contributed by atoms with Gasteiger partial charge in [0.05, 0.1) is 0 Å². The van der Waals surface area contributed by atoms with Crippen LogP contribution in [0.5, 0.6) is 0 Å². The van der Waals surface area contributed by atoms with E-state index in [1.54, 1.807) is 6.92 Å². The van der Waals surface area contributed by atoms with Crippen molar-refractivity contribution in [3.63, 3.8) is 0 Å². The van der Waals surface area contributed by atoms with E-state index < -0.39 is 17.5 Å². The average Bonchev–Trinajstić information content (AvgIpc) is 2.74. The van der Waals surface area contributed by atoms with Crippen LogP contribution in [0.15, 0.2) is 0 Å². The van der Waals surface area contributed by atoms with Crippen LogP contribution in [0.1, 0.15) is 137 Å². The fourth-order valence-electron chi connectivity index (χ4n) is 4.10. The molecule has 0 saturated heterocycles. The van der Waals surface area contributed by atoms with E-state index in [-0.39, 0.29) is 11.9 Å². The number of nitrogens with one attached hydrogen (secondary N) is 1. The van der Waals surface area contributed by atoms with Gasteiger partial charge in [-0.2, -0.15) is 0 Å². The fourth-order valence-corrected chi connectivity index (χ4v) is 4.10. The summed E-state index contributed by atoms with van der Waals surface area (Å²) in [4.78, 5) is 23.4. The Morgan fingerprint density at radius 2 is 1.16 bits per heavy atom. The Hall–Kier alpha value is -1.10. The number of carboxylic acids is 1. The Balaban J connectivity index is 3.66. The maximum atomic E-state index is 12.2. The van der Waals surface area contributed by atoms with E-state index in [0.29, 0.717) is 12.8 Å². The van der Waals surface area contributed by atoms with E-state index in [4.69, 9.17) is 0 Å². The summed E-state index contributed by atoms with van der Waals surface area (Å²) in [7, 11) is 0. The van der Waals surface area contributed by atoms with E-state index >= 15 is 0 Å². The van der Waals surface area contributed by atoms with Gasteiger partial charge in [0.25, 0.3) is 0 Å². The van der Waals surface area contributed by atoms with E-state index in [0.717, 1.165) is 12.8 Å². The standard InChI is InChI=1S/C26H51NO4/c1-5-7-8-9-10-11-12-13-14-15-16-17-18-19-20-21-24(28)27-23(6-2)22(3)26(4,31)25(29)30/h22-23,31H,5-21H2,1-4H3,(H,27,28)(H,29,30). The first kappa shape index (κ1) is 29.9. The van der Waals surface area contributed by atoms with Gasteiger partial charge in [0.2, 0.25) is 5.91 Å². The van der Waals surface area contributed by atoms with Crippen molar-refractivity contribution in [2.45, 2.75) is 148 Å². The molecule has 0 saturated carbocycles. The van der Waals surface area contributed by atoms with Crippen LogP contribution in [0.25, 0.3) is 0 Å². The molecular weight excluding hydrogens is 390 g/mol. The number of amides is 1. The highest BCUT2D eigenvalue weighted by Crippen LogP contribution is 2.23. The Bertz CT molecular complexity index is 464. The van der Waals surface area contributed by atoms with Gasteiger partial charge in [-0.15, -0.1) is 0 Å². The Labute approximate surface area is 191 Å². The van der Waals surface area contributed by atoms with Crippen molar-refractivity contribution in [2.75, 3.05) is 0 Å². The molecule has 1 amide bonds. The fraction of sp³-hybridized carbons (Fsp3) is 0.923. The van der Waals surface area contributed by atoms with Gasteiger partial charge >= 0.3 is 5.97 Å². The number of aliphatic carboxylic acids is 1. The summed E-state index contributed by atoms with van der Waals surface area (Å²) in [5.74, 6) is -1.86. The van der Waals surface area contributed by atoms with Crippen LogP contribution >= 0.6 is 0 Å². The Morgan fingerprint density at radius 3 is 1.52 bits per heavy atom. The molecule has 3 unspecified atom stereocenters. The molecule has 5 nitrogen and oxygen atoms in total. The molecule has 0 aliphatic heterocycles. The van der Waals surface area contributed by atoms with Crippen LogP contribution in [-0.4, -0.2) is 33.7 Å². The molecular formula is C26H51NO4. The summed E-state index contributed by atoms with van der Waals surface area (Å²) in [5.41, 5.74) is -1.84. The molecule has 0 aromatic heterocycles. The van der Waals surface area contributed by atoms with E-state index in [2.05, 4.69) is 12.2 Å². The highest BCUT2D eigenvalue weighted by atomic mass is 16.4. The molecule has 31 heavy (non-hydrogen) atoms. The van der Waals surface area contributed by atoms with Gasteiger partial charge in [-0.1, -0.05) is 111 Å². The minimum Gasteiger partial charge on any atom is -0.479 e. The minimum atomic E-state index is -1.84. The predicted octanol–water partition coefficient (Wildman–Crippen LogP) is 6.61. The second-order valence-corrected chi connectivity index (χ2v) is 9.52. The maximum absolute atomic E-state index is 12.2. The SMILES string of the molecule is CCCCCCCCCCCCCCCCCC(=O)NC(CC)C(C)C(C)(O)C(=O)O.